The summed E-state index contributed by atoms with van der Waals surface area (Å²) in [4.78, 5) is 16.5. The van der Waals surface area contributed by atoms with Gasteiger partial charge in [0.2, 0.25) is 5.95 Å². The maximum atomic E-state index is 4.77. The fourth-order valence-corrected chi connectivity index (χ4v) is 3.60. The molecule has 1 aliphatic heterocycles. The van der Waals surface area contributed by atoms with Gasteiger partial charge in [-0.2, -0.15) is 4.98 Å². The Morgan fingerprint density at radius 1 is 0.964 bits per heavy atom. The van der Waals surface area contributed by atoms with Crippen LogP contribution in [0.5, 0.6) is 0 Å². The van der Waals surface area contributed by atoms with Gasteiger partial charge in [-0.15, -0.1) is 0 Å². The van der Waals surface area contributed by atoms with Crippen molar-refractivity contribution in [2.75, 3.05) is 61.4 Å². The van der Waals surface area contributed by atoms with Gasteiger partial charge in [0.05, 0.1) is 0 Å². The van der Waals surface area contributed by atoms with Crippen LogP contribution in [-0.2, 0) is 0 Å². The molecule has 0 atom stereocenters. The van der Waals surface area contributed by atoms with Crippen molar-refractivity contribution in [1.29, 1.82) is 0 Å². The number of hydrogen-bond donors (Lipinski definition) is 1. The lowest BCUT2D eigenvalue weighted by atomic mass is 10.2. The second kappa shape index (κ2) is 9.73. The zero-order chi connectivity index (χ0) is 19.9. The Morgan fingerprint density at radius 2 is 1.61 bits per heavy atom. The fraction of sp³-hybridized carbons (Fsp3) is 0.545. The number of likely N-dealkylation sites (N-methyl/N-ethyl adjacent to an activating group) is 1. The van der Waals surface area contributed by atoms with Gasteiger partial charge in [0, 0.05) is 62.4 Å². The molecule has 0 amide bonds. The number of nitrogens with one attached hydrogen (secondary N) is 1. The van der Waals surface area contributed by atoms with E-state index < -0.39 is 0 Å². The standard InChI is InChI=1S/C22H34N6/c1-5-11-28(12-6-2)21-17-18(3)23-22(25-21)24-19-7-9-20(10-8-19)27-15-13-26(4)14-16-27/h7-10,17H,5-6,11-16H2,1-4H3,(H,23,24,25). The van der Waals surface area contributed by atoms with Gasteiger partial charge in [-0.05, 0) is 51.1 Å². The van der Waals surface area contributed by atoms with Crippen molar-refractivity contribution in [3.05, 3.63) is 36.0 Å². The van der Waals surface area contributed by atoms with Crippen LogP contribution in [0.25, 0.3) is 0 Å². The van der Waals surface area contributed by atoms with Crippen LogP contribution in [-0.4, -0.2) is 61.2 Å². The molecule has 0 saturated carbocycles. The topological polar surface area (TPSA) is 47.5 Å². The Bertz CT molecular complexity index is 731. The van der Waals surface area contributed by atoms with Crippen LogP contribution < -0.4 is 15.1 Å². The number of nitrogens with zero attached hydrogens (tertiary/aromatic N) is 5. The minimum atomic E-state index is 0.666. The normalized spacial score (nSPS) is 14.9. The zero-order valence-corrected chi connectivity index (χ0v) is 17.8. The molecule has 0 aliphatic carbocycles. The average molecular weight is 383 g/mol. The molecule has 0 bridgehead atoms. The predicted molar refractivity (Wildman–Crippen MR) is 119 cm³/mol. The number of hydrogen-bond acceptors (Lipinski definition) is 6. The molecule has 2 aromatic rings. The quantitative estimate of drug-likeness (QED) is 0.747. The van der Waals surface area contributed by atoms with E-state index in [1.165, 1.54) is 5.69 Å². The highest BCUT2D eigenvalue weighted by molar-refractivity contribution is 5.60. The zero-order valence-electron chi connectivity index (χ0n) is 17.8. The maximum Gasteiger partial charge on any atom is 0.229 e. The first kappa shape index (κ1) is 20.4. The van der Waals surface area contributed by atoms with Crippen molar-refractivity contribution in [3.8, 4) is 0 Å². The van der Waals surface area contributed by atoms with Crippen LogP contribution in [0.4, 0.5) is 23.1 Å². The van der Waals surface area contributed by atoms with E-state index in [1.54, 1.807) is 0 Å². The first-order valence-corrected chi connectivity index (χ1v) is 10.5. The first-order valence-electron chi connectivity index (χ1n) is 10.5. The van der Waals surface area contributed by atoms with Crippen LogP contribution in [0.2, 0.25) is 0 Å². The molecule has 1 aromatic heterocycles. The summed E-state index contributed by atoms with van der Waals surface area (Å²) in [5.41, 5.74) is 3.28. The summed E-state index contributed by atoms with van der Waals surface area (Å²) in [5.74, 6) is 1.67. The molecule has 1 saturated heterocycles. The predicted octanol–water partition coefficient (Wildman–Crippen LogP) is 3.91. The Labute approximate surface area is 169 Å². The van der Waals surface area contributed by atoms with Crippen molar-refractivity contribution in [3.63, 3.8) is 0 Å². The second-order valence-electron chi connectivity index (χ2n) is 7.64. The van der Waals surface area contributed by atoms with Crippen molar-refractivity contribution < 1.29 is 0 Å². The lowest BCUT2D eigenvalue weighted by molar-refractivity contribution is 0.313. The van der Waals surface area contributed by atoms with Gasteiger partial charge in [0.25, 0.3) is 0 Å². The van der Waals surface area contributed by atoms with Crippen molar-refractivity contribution in [2.45, 2.75) is 33.6 Å². The van der Waals surface area contributed by atoms with Gasteiger partial charge in [-0.25, -0.2) is 4.98 Å². The van der Waals surface area contributed by atoms with Crippen molar-refractivity contribution in [2.24, 2.45) is 0 Å². The molecular weight excluding hydrogens is 348 g/mol. The van der Waals surface area contributed by atoms with Gasteiger partial charge in [-0.1, -0.05) is 13.8 Å². The number of aromatic nitrogens is 2. The summed E-state index contributed by atoms with van der Waals surface area (Å²) >= 11 is 0. The fourth-order valence-electron chi connectivity index (χ4n) is 3.60. The monoisotopic (exact) mass is 382 g/mol. The van der Waals surface area contributed by atoms with E-state index in [1.807, 2.05) is 6.92 Å². The summed E-state index contributed by atoms with van der Waals surface area (Å²) in [7, 11) is 2.18. The van der Waals surface area contributed by atoms with Crippen molar-refractivity contribution >= 4 is 23.1 Å². The lowest BCUT2D eigenvalue weighted by Gasteiger charge is -2.34. The minimum absolute atomic E-state index is 0.666. The molecule has 1 N–H and O–H groups in total. The third-order valence-corrected chi connectivity index (χ3v) is 5.14. The third-order valence-electron chi connectivity index (χ3n) is 5.14. The first-order chi connectivity index (χ1) is 13.6. The van der Waals surface area contributed by atoms with Gasteiger partial charge in [0.1, 0.15) is 5.82 Å². The highest BCUT2D eigenvalue weighted by atomic mass is 15.2. The summed E-state index contributed by atoms with van der Waals surface area (Å²) in [5, 5.41) is 3.39. The molecule has 1 aliphatic rings. The molecule has 1 aromatic carbocycles. The highest BCUT2D eigenvalue weighted by Gasteiger charge is 2.14. The number of benzene rings is 1. The third kappa shape index (κ3) is 5.35. The van der Waals surface area contributed by atoms with Gasteiger partial charge in [0.15, 0.2) is 0 Å². The highest BCUT2D eigenvalue weighted by Crippen LogP contribution is 2.22. The Kier molecular flexibility index (Phi) is 7.09. The van der Waals surface area contributed by atoms with Gasteiger partial charge >= 0.3 is 0 Å². The molecule has 0 unspecified atom stereocenters. The van der Waals surface area contributed by atoms with Crippen LogP contribution in [0, 0.1) is 6.92 Å². The largest absolute Gasteiger partial charge is 0.369 e. The second-order valence-corrected chi connectivity index (χ2v) is 7.64. The Balaban J connectivity index is 1.70. The summed E-state index contributed by atoms with van der Waals surface area (Å²) in [6.07, 6.45) is 2.22. The van der Waals surface area contributed by atoms with E-state index in [2.05, 4.69) is 76.2 Å². The van der Waals surface area contributed by atoms with Gasteiger partial charge < -0.3 is 20.0 Å². The maximum absolute atomic E-state index is 4.77. The molecule has 3 rings (SSSR count). The Hall–Kier alpha value is -2.34. The molecule has 6 heteroatoms. The van der Waals surface area contributed by atoms with Crippen LogP contribution in [0.1, 0.15) is 32.4 Å². The van der Waals surface area contributed by atoms with E-state index in [-0.39, 0.29) is 0 Å². The molecule has 6 nitrogen and oxygen atoms in total. The number of aryl methyl sites for hydroxylation is 1. The van der Waals surface area contributed by atoms with Crippen LogP contribution in [0.3, 0.4) is 0 Å². The van der Waals surface area contributed by atoms with Crippen LogP contribution >= 0.6 is 0 Å². The molecule has 2 heterocycles. The minimum Gasteiger partial charge on any atom is -0.369 e. The molecular formula is C22H34N6. The van der Waals surface area contributed by atoms with Gasteiger partial charge in [-0.3, -0.25) is 0 Å². The SMILES string of the molecule is CCCN(CCC)c1cc(C)nc(Nc2ccc(N3CCN(C)CC3)cc2)n1. The van der Waals surface area contributed by atoms with E-state index in [0.717, 1.165) is 69.3 Å². The van der Waals surface area contributed by atoms with E-state index in [9.17, 15) is 0 Å². The summed E-state index contributed by atoms with van der Waals surface area (Å²) in [6.45, 7) is 12.9. The molecule has 152 valence electrons. The lowest BCUT2D eigenvalue weighted by Crippen LogP contribution is -2.44. The number of piperazine rings is 1. The van der Waals surface area contributed by atoms with Crippen molar-refractivity contribution in [1.82, 2.24) is 14.9 Å². The summed E-state index contributed by atoms with van der Waals surface area (Å²) < 4.78 is 0. The van der Waals surface area contributed by atoms with Crippen LogP contribution in [0.15, 0.2) is 30.3 Å². The number of rotatable bonds is 8. The molecule has 28 heavy (non-hydrogen) atoms. The average Bonchev–Trinajstić information content (AvgIpc) is 2.69. The molecule has 0 radical (unpaired) electrons. The number of anilines is 4. The molecule has 0 spiro atoms. The van der Waals surface area contributed by atoms with E-state index in [4.69, 9.17) is 4.98 Å². The van der Waals surface area contributed by atoms with E-state index >= 15 is 0 Å². The Morgan fingerprint density at radius 3 is 2.21 bits per heavy atom. The smallest absolute Gasteiger partial charge is 0.229 e. The molecule has 1 fully saturated rings. The van der Waals surface area contributed by atoms with E-state index in [0.29, 0.717) is 5.95 Å². The summed E-state index contributed by atoms with van der Waals surface area (Å²) in [6, 6.07) is 10.7.